The average molecular weight is 314 g/mol. The summed E-state index contributed by atoms with van der Waals surface area (Å²) in [5, 5.41) is 8.72. The van der Waals surface area contributed by atoms with E-state index >= 15 is 0 Å². The van der Waals surface area contributed by atoms with Crippen LogP contribution in [0.25, 0.3) is 0 Å². The number of guanidine groups is 1. The van der Waals surface area contributed by atoms with Crippen molar-refractivity contribution in [3.8, 4) is 0 Å². The Morgan fingerprint density at radius 1 is 1.04 bits per heavy atom. The van der Waals surface area contributed by atoms with E-state index in [1.54, 1.807) is 7.05 Å². The molecule has 0 atom stereocenters. The van der Waals surface area contributed by atoms with E-state index in [1.165, 1.54) is 24.3 Å². The normalized spacial score (nSPS) is 11.0. The third-order valence-corrected chi connectivity index (χ3v) is 3.07. The molecule has 0 saturated carbocycles. The molecule has 2 aromatic rings. The molecule has 0 aliphatic heterocycles. The van der Waals surface area contributed by atoms with Crippen LogP contribution < -0.4 is 16.0 Å². The summed E-state index contributed by atoms with van der Waals surface area (Å²) in [6, 6.07) is 15.5. The van der Waals surface area contributed by atoms with Gasteiger partial charge in [-0.25, -0.2) is 4.39 Å². The number of nitrogens with zero attached hydrogens (tertiary/aromatic N) is 1. The van der Waals surface area contributed by atoms with Gasteiger partial charge in [0.15, 0.2) is 5.96 Å². The lowest BCUT2D eigenvalue weighted by Gasteiger charge is -2.12. The minimum absolute atomic E-state index is 0.0613. The van der Waals surface area contributed by atoms with Gasteiger partial charge in [0.25, 0.3) is 0 Å². The minimum Gasteiger partial charge on any atom is -0.352 e. The second-order valence-corrected chi connectivity index (χ2v) is 4.82. The molecular formula is C17H19FN4O. The van der Waals surface area contributed by atoms with E-state index < -0.39 is 0 Å². The lowest BCUT2D eigenvalue weighted by molar-refractivity contribution is -0.115. The number of nitrogens with one attached hydrogen (secondary N) is 3. The summed E-state index contributed by atoms with van der Waals surface area (Å²) < 4.78 is 12.8. The highest BCUT2D eigenvalue weighted by Gasteiger charge is 2.04. The van der Waals surface area contributed by atoms with Crippen LogP contribution in [-0.4, -0.2) is 25.5 Å². The third kappa shape index (κ3) is 5.78. The first-order valence-electron chi connectivity index (χ1n) is 7.21. The van der Waals surface area contributed by atoms with E-state index in [9.17, 15) is 9.18 Å². The van der Waals surface area contributed by atoms with Crippen LogP contribution >= 0.6 is 0 Å². The van der Waals surface area contributed by atoms with Gasteiger partial charge in [-0.15, -0.1) is 0 Å². The van der Waals surface area contributed by atoms with Gasteiger partial charge in [0.1, 0.15) is 5.82 Å². The van der Waals surface area contributed by atoms with Crippen LogP contribution in [0.4, 0.5) is 10.1 Å². The van der Waals surface area contributed by atoms with Crippen LogP contribution in [0.2, 0.25) is 0 Å². The van der Waals surface area contributed by atoms with Gasteiger partial charge >= 0.3 is 0 Å². The van der Waals surface area contributed by atoms with E-state index in [-0.39, 0.29) is 18.3 Å². The maximum atomic E-state index is 12.8. The first-order valence-corrected chi connectivity index (χ1v) is 7.21. The molecule has 0 aliphatic carbocycles. The number of carbonyl (C=O) groups excluding carboxylic acids is 1. The maximum Gasteiger partial charge on any atom is 0.243 e. The van der Waals surface area contributed by atoms with E-state index in [0.717, 1.165) is 5.56 Å². The van der Waals surface area contributed by atoms with E-state index in [1.807, 2.05) is 30.3 Å². The van der Waals surface area contributed by atoms with Crippen molar-refractivity contribution >= 4 is 17.6 Å². The molecule has 120 valence electrons. The van der Waals surface area contributed by atoms with Crippen molar-refractivity contribution in [1.82, 2.24) is 10.6 Å². The fourth-order valence-electron chi connectivity index (χ4n) is 1.90. The predicted octanol–water partition coefficient (Wildman–Crippen LogP) is 2.13. The largest absolute Gasteiger partial charge is 0.352 e. The van der Waals surface area contributed by atoms with Gasteiger partial charge in [0.2, 0.25) is 5.91 Å². The Bertz CT molecular complexity index is 656. The lowest BCUT2D eigenvalue weighted by atomic mass is 10.2. The molecule has 3 N–H and O–H groups in total. The highest BCUT2D eigenvalue weighted by Crippen LogP contribution is 2.07. The molecule has 0 heterocycles. The first kappa shape index (κ1) is 16.5. The third-order valence-electron chi connectivity index (χ3n) is 3.07. The Hall–Kier alpha value is -2.89. The van der Waals surface area contributed by atoms with Gasteiger partial charge in [-0.2, -0.15) is 0 Å². The second kappa shape index (κ2) is 8.53. The molecule has 0 radical (unpaired) electrons. The number of carbonyl (C=O) groups is 1. The molecule has 2 rings (SSSR count). The number of rotatable bonds is 5. The molecule has 5 nitrogen and oxygen atoms in total. The Labute approximate surface area is 134 Å². The zero-order chi connectivity index (χ0) is 16.5. The highest BCUT2D eigenvalue weighted by atomic mass is 19.1. The minimum atomic E-state index is -0.341. The number of benzene rings is 2. The molecule has 0 unspecified atom stereocenters. The monoisotopic (exact) mass is 314 g/mol. The summed E-state index contributed by atoms with van der Waals surface area (Å²) in [6.45, 7) is 0.673. The second-order valence-electron chi connectivity index (χ2n) is 4.82. The van der Waals surface area contributed by atoms with E-state index in [4.69, 9.17) is 0 Å². The summed E-state index contributed by atoms with van der Waals surface area (Å²) in [4.78, 5) is 15.9. The van der Waals surface area contributed by atoms with Crippen LogP contribution in [0.5, 0.6) is 0 Å². The SMILES string of the molecule is CN=C(NCC(=O)Nc1ccc(F)cc1)NCc1ccccc1. The molecule has 0 aromatic heterocycles. The fourth-order valence-corrected chi connectivity index (χ4v) is 1.90. The zero-order valence-electron chi connectivity index (χ0n) is 12.8. The molecule has 0 fully saturated rings. The van der Waals surface area contributed by atoms with Crippen LogP contribution in [0, 0.1) is 5.82 Å². The molecule has 0 saturated heterocycles. The standard InChI is InChI=1S/C17H19FN4O/c1-19-17(20-11-13-5-3-2-4-6-13)21-12-16(23)22-15-9-7-14(18)8-10-15/h2-10H,11-12H2,1H3,(H,22,23)(H2,19,20,21). The van der Waals surface area contributed by atoms with Crippen molar-refractivity contribution < 1.29 is 9.18 Å². The van der Waals surface area contributed by atoms with Crippen molar-refractivity contribution in [2.24, 2.45) is 4.99 Å². The summed E-state index contributed by atoms with van der Waals surface area (Å²) in [5.74, 6) is -0.0472. The summed E-state index contributed by atoms with van der Waals surface area (Å²) >= 11 is 0. The van der Waals surface area contributed by atoms with Gasteiger partial charge in [-0.3, -0.25) is 9.79 Å². The van der Waals surface area contributed by atoms with Crippen LogP contribution in [0.3, 0.4) is 0 Å². The number of halogens is 1. The number of hydrogen-bond acceptors (Lipinski definition) is 2. The molecule has 6 heteroatoms. The Balaban J connectivity index is 1.76. The molecule has 0 bridgehead atoms. The Morgan fingerprint density at radius 3 is 2.39 bits per heavy atom. The van der Waals surface area contributed by atoms with Gasteiger partial charge in [-0.1, -0.05) is 30.3 Å². The summed E-state index contributed by atoms with van der Waals surface area (Å²) in [7, 11) is 1.64. The number of aliphatic imine (C=N–C) groups is 1. The summed E-state index contributed by atoms with van der Waals surface area (Å²) in [6.07, 6.45) is 0. The van der Waals surface area contributed by atoms with Crippen molar-refractivity contribution in [3.05, 3.63) is 66.0 Å². The fraction of sp³-hybridized carbons (Fsp3) is 0.176. The Morgan fingerprint density at radius 2 is 1.74 bits per heavy atom. The highest BCUT2D eigenvalue weighted by molar-refractivity contribution is 5.94. The number of hydrogen-bond donors (Lipinski definition) is 3. The topological polar surface area (TPSA) is 65.5 Å². The Kier molecular flexibility index (Phi) is 6.11. The van der Waals surface area contributed by atoms with Crippen molar-refractivity contribution in [2.75, 3.05) is 18.9 Å². The predicted molar refractivity (Wildman–Crippen MR) is 89.7 cm³/mol. The van der Waals surface area contributed by atoms with Crippen molar-refractivity contribution in [1.29, 1.82) is 0 Å². The van der Waals surface area contributed by atoms with Gasteiger partial charge in [-0.05, 0) is 29.8 Å². The van der Waals surface area contributed by atoms with E-state index in [2.05, 4.69) is 20.9 Å². The van der Waals surface area contributed by atoms with Gasteiger partial charge < -0.3 is 16.0 Å². The molecule has 0 aliphatic rings. The van der Waals surface area contributed by atoms with Gasteiger partial charge in [0, 0.05) is 19.3 Å². The zero-order valence-corrected chi connectivity index (χ0v) is 12.8. The number of amides is 1. The smallest absolute Gasteiger partial charge is 0.243 e. The number of anilines is 1. The van der Waals surface area contributed by atoms with Gasteiger partial charge in [0.05, 0.1) is 6.54 Å². The quantitative estimate of drug-likeness (QED) is 0.585. The summed E-state index contributed by atoms with van der Waals surface area (Å²) in [5.41, 5.74) is 1.66. The molecule has 1 amide bonds. The van der Waals surface area contributed by atoms with Crippen molar-refractivity contribution in [3.63, 3.8) is 0 Å². The molecule has 0 spiro atoms. The first-order chi connectivity index (χ1) is 11.2. The maximum absolute atomic E-state index is 12.8. The molecule has 2 aromatic carbocycles. The van der Waals surface area contributed by atoms with Crippen LogP contribution in [0.15, 0.2) is 59.6 Å². The molecule has 23 heavy (non-hydrogen) atoms. The van der Waals surface area contributed by atoms with Crippen molar-refractivity contribution in [2.45, 2.75) is 6.54 Å². The lowest BCUT2D eigenvalue weighted by Crippen LogP contribution is -2.41. The van der Waals surface area contributed by atoms with Crippen LogP contribution in [0.1, 0.15) is 5.56 Å². The van der Waals surface area contributed by atoms with E-state index in [0.29, 0.717) is 18.2 Å². The van der Waals surface area contributed by atoms with Crippen LogP contribution in [-0.2, 0) is 11.3 Å². The average Bonchev–Trinajstić information content (AvgIpc) is 2.58. The molecular weight excluding hydrogens is 295 g/mol.